The number of rotatable bonds is 4. The van der Waals surface area contributed by atoms with E-state index in [1.165, 1.54) is 4.90 Å². The number of aromatic nitrogens is 2. The standard InChI is InChI=1S/C19H20N4O2/c1-12-6-4-9-16(13(12)2)21-17(24)11-23(3)19(25)15-8-5-7-14-10-20-22-18(14)15/h4-10H,11H2,1-3H3,(H,20,22)(H,21,24). The van der Waals surface area contributed by atoms with E-state index in [1.54, 1.807) is 25.4 Å². The monoisotopic (exact) mass is 336 g/mol. The molecule has 0 atom stereocenters. The maximum atomic E-state index is 12.7. The lowest BCUT2D eigenvalue weighted by atomic mass is 10.1. The molecule has 6 heteroatoms. The number of anilines is 1. The Morgan fingerprint density at radius 2 is 1.92 bits per heavy atom. The van der Waals surface area contributed by atoms with Crippen molar-refractivity contribution in [2.45, 2.75) is 13.8 Å². The first-order valence-corrected chi connectivity index (χ1v) is 8.01. The molecule has 0 aliphatic heterocycles. The highest BCUT2D eigenvalue weighted by atomic mass is 16.2. The van der Waals surface area contributed by atoms with Crippen LogP contribution in [0.1, 0.15) is 21.5 Å². The van der Waals surface area contributed by atoms with Gasteiger partial charge < -0.3 is 10.2 Å². The lowest BCUT2D eigenvalue weighted by Crippen LogP contribution is -2.35. The van der Waals surface area contributed by atoms with Gasteiger partial charge in [0.05, 0.1) is 23.8 Å². The normalized spacial score (nSPS) is 10.7. The number of likely N-dealkylation sites (N-methyl/N-ethyl adjacent to an activating group) is 1. The van der Waals surface area contributed by atoms with Crippen LogP contribution in [0.25, 0.3) is 10.9 Å². The number of carbonyl (C=O) groups excluding carboxylic acids is 2. The van der Waals surface area contributed by atoms with Crippen LogP contribution in [-0.2, 0) is 4.79 Å². The number of benzene rings is 2. The Kier molecular flexibility index (Phi) is 4.52. The molecule has 2 amide bonds. The lowest BCUT2D eigenvalue weighted by molar-refractivity contribution is -0.116. The Balaban J connectivity index is 1.72. The average Bonchev–Trinajstić information content (AvgIpc) is 3.07. The number of nitrogens with one attached hydrogen (secondary N) is 2. The molecule has 0 bridgehead atoms. The van der Waals surface area contributed by atoms with Crippen molar-refractivity contribution < 1.29 is 9.59 Å². The van der Waals surface area contributed by atoms with Crippen molar-refractivity contribution in [2.24, 2.45) is 0 Å². The zero-order chi connectivity index (χ0) is 18.0. The third kappa shape index (κ3) is 3.38. The average molecular weight is 336 g/mol. The molecule has 6 nitrogen and oxygen atoms in total. The number of amides is 2. The van der Waals surface area contributed by atoms with Gasteiger partial charge in [0.15, 0.2) is 0 Å². The first-order chi connectivity index (χ1) is 12.0. The molecule has 1 heterocycles. The van der Waals surface area contributed by atoms with E-state index in [0.717, 1.165) is 22.2 Å². The second-order valence-electron chi connectivity index (χ2n) is 6.10. The van der Waals surface area contributed by atoms with Crippen LogP contribution in [0.4, 0.5) is 5.69 Å². The fraction of sp³-hybridized carbons (Fsp3) is 0.211. The first-order valence-electron chi connectivity index (χ1n) is 8.01. The van der Waals surface area contributed by atoms with E-state index in [2.05, 4.69) is 15.5 Å². The predicted octanol–water partition coefficient (Wildman–Crippen LogP) is 2.89. The van der Waals surface area contributed by atoms with Gasteiger partial charge in [0.2, 0.25) is 5.91 Å². The second kappa shape index (κ2) is 6.76. The minimum atomic E-state index is -0.235. The van der Waals surface area contributed by atoms with Gasteiger partial charge in [-0.25, -0.2) is 0 Å². The van der Waals surface area contributed by atoms with Crippen LogP contribution in [0.3, 0.4) is 0 Å². The second-order valence-corrected chi connectivity index (χ2v) is 6.10. The summed E-state index contributed by atoms with van der Waals surface area (Å²) in [6.07, 6.45) is 1.67. The number of nitrogens with zero attached hydrogens (tertiary/aromatic N) is 2. The van der Waals surface area contributed by atoms with Crippen LogP contribution in [0.15, 0.2) is 42.6 Å². The van der Waals surface area contributed by atoms with Gasteiger partial charge in [-0.15, -0.1) is 0 Å². The summed E-state index contributed by atoms with van der Waals surface area (Å²) in [5.41, 5.74) is 4.06. The summed E-state index contributed by atoms with van der Waals surface area (Å²) in [5, 5.41) is 10.5. The number of aryl methyl sites for hydroxylation is 1. The number of carbonyl (C=O) groups is 2. The topological polar surface area (TPSA) is 78.1 Å². The molecule has 3 aromatic rings. The van der Waals surface area contributed by atoms with Gasteiger partial charge in [-0.1, -0.05) is 24.3 Å². The van der Waals surface area contributed by atoms with Gasteiger partial charge in [-0.3, -0.25) is 14.7 Å². The Bertz CT molecular complexity index is 946. The van der Waals surface area contributed by atoms with E-state index in [4.69, 9.17) is 0 Å². The highest BCUT2D eigenvalue weighted by molar-refractivity contribution is 6.06. The van der Waals surface area contributed by atoms with E-state index < -0.39 is 0 Å². The maximum Gasteiger partial charge on any atom is 0.256 e. The molecule has 0 saturated heterocycles. The molecule has 128 valence electrons. The largest absolute Gasteiger partial charge is 0.332 e. The smallest absolute Gasteiger partial charge is 0.256 e. The van der Waals surface area contributed by atoms with Crippen LogP contribution < -0.4 is 5.32 Å². The third-order valence-electron chi connectivity index (χ3n) is 4.31. The molecular weight excluding hydrogens is 316 g/mol. The van der Waals surface area contributed by atoms with Gasteiger partial charge in [-0.05, 0) is 37.1 Å². The zero-order valence-corrected chi connectivity index (χ0v) is 14.5. The summed E-state index contributed by atoms with van der Waals surface area (Å²) in [6.45, 7) is 3.92. The fourth-order valence-corrected chi connectivity index (χ4v) is 2.72. The van der Waals surface area contributed by atoms with Gasteiger partial charge in [-0.2, -0.15) is 5.10 Å². The Morgan fingerprint density at radius 1 is 1.16 bits per heavy atom. The van der Waals surface area contributed by atoms with E-state index in [9.17, 15) is 9.59 Å². The van der Waals surface area contributed by atoms with Crippen molar-refractivity contribution in [1.29, 1.82) is 0 Å². The van der Waals surface area contributed by atoms with Gasteiger partial charge in [0, 0.05) is 18.1 Å². The van der Waals surface area contributed by atoms with Crippen molar-refractivity contribution in [3.05, 3.63) is 59.3 Å². The maximum absolute atomic E-state index is 12.7. The molecule has 0 fully saturated rings. The Labute approximate surface area is 145 Å². The summed E-state index contributed by atoms with van der Waals surface area (Å²) in [6, 6.07) is 11.1. The quantitative estimate of drug-likeness (QED) is 0.769. The van der Waals surface area contributed by atoms with Crippen LogP contribution in [-0.4, -0.2) is 40.5 Å². The SMILES string of the molecule is Cc1cccc(NC(=O)CN(C)C(=O)c2cccc3cn[nH]c23)c1C. The van der Waals surface area contributed by atoms with Crippen molar-refractivity contribution >= 4 is 28.4 Å². The number of H-pyrrole nitrogens is 1. The molecular formula is C19H20N4O2. The molecule has 0 saturated carbocycles. The predicted molar refractivity (Wildman–Crippen MR) is 97.6 cm³/mol. The molecule has 2 aromatic carbocycles. The van der Waals surface area contributed by atoms with Crippen molar-refractivity contribution in [1.82, 2.24) is 15.1 Å². The van der Waals surface area contributed by atoms with E-state index in [1.807, 2.05) is 38.1 Å². The minimum Gasteiger partial charge on any atom is -0.332 e. The Morgan fingerprint density at radius 3 is 2.72 bits per heavy atom. The van der Waals surface area contributed by atoms with Crippen molar-refractivity contribution in [2.75, 3.05) is 18.9 Å². The molecule has 25 heavy (non-hydrogen) atoms. The summed E-state index contributed by atoms with van der Waals surface area (Å²) in [5.74, 6) is -0.465. The van der Waals surface area contributed by atoms with Crippen LogP contribution in [0.2, 0.25) is 0 Å². The summed E-state index contributed by atoms with van der Waals surface area (Å²) in [7, 11) is 1.61. The number of aromatic amines is 1. The lowest BCUT2D eigenvalue weighted by Gasteiger charge is -2.18. The zero-order valence-electron chi connectivity index (χ0n) is 14.5. The number of hydrogen-bond donors (Lipinski definition) is 2. The molecule has 0 spiro atoms. The van der Waals surface area contributed by atoms with Crippen LogP contribution >= 0.6 is 0 Å². The molecule has 0 aliphatic rings. The summed E-state index contributed by atoms with van der Waals surface area (Å²) >= 11 is 0. The molecule has 0 unspecified atom stereocenters. The molecule has 1 aromatic heterocycles. The molecule has 2 N–H and O–H groups in total. The van der Waals surface area contributed by atoms with E-state index in [-0.39, 0.29) is 18.4 Å². The van der Waals surface area contributed by atoms with Gasteiger partial charge in [0.25, 0.3) is 5.91 Å². The summed E-state index contributed by atoms with van der Waals surface area (Å²) in [4.78, 5) is 26.4. The van der Waals surface area contributed by atoms with Crippen molar-refractivity contribution in [3.63, 3.8) is 0 Å². The number of fused-ring (bicyclic) bond motifs is 1. The third-order valence-corrected chi connectivity index (χ3v) is 4.31. The molecule has 0 aliphatic carbocycles. The number of hydrogen-bond acceptors (Lipinski definition) is 3. The van der Waals surface area contributed by atoms with Crippen LogP contribution in [0, 0.1) is 13.8 Å². The van der Waals surface area contributed by atoms with Gasteiger partial charge in [0.1, 0.15) is 0 Å². The summed E-state index contributed by atoms with van der Waals surface area (Å²) < 4.78 is 0. The minimum absolute atomic E-state index is 0.0310. The highest BCUT2D eigenvalue weighted by Crippen LogP contribution is 2.19. The fourth-order valence-electron chi connectivity index (χ4n) is 2.72. The molecule has 0 radical (unpaired) electrons. The molecule has 3 rings (SSSR count). The van der Waals surface area contributed by atoms with Crippen LogP contribution in [0.5, 0.6) is 0 Å². The highest BCUT2D eigenvalue weighted by Gasteiger charge is 2.18. The van der Waals surface area contributed by atoms with Gasteiger partial charge >= 0.3 is 0 Å². The van der Waals surface area contributed by atoms with Crippen molar-refractivity contribution in [3.8, 4) is 0 Å². The van der Waals surface area contributed by atoms with E-state index >= 15 is 0 Å². The van der Waals surface area contributed by atoms with E-state index in [0.29, 0.717) is 11.1 Å². The first kappa shape index (κ1) is 16.7. The Hall–Kier alpha value is -3.15. The number of para-hydroxylation sites is 1.